The molecule has 0 saturated carbocycles. The molecule has 0 aromatic rings. The first-order valence-electron chi connectivity index (χ1n) is 4.17. The van der Waals surface area contributed by atoms with Crippen molar-refractivity contribution in [3.05, 3.63) is 12.8 Å². The Kier molecular flexibility index (Phi) is 224. The summed E-state index contributed by atoms with van der Waals surface area (Å²) in [5.74, 6) is 0. The molecule has 72 valence electrons. The van der Waals surface area contributed by atoms with Crippen LogP contribution in [0.1, 0.15) is 34.6 Å². The lowest BCUT2D eigenvalue weighted by Gasteiger charge is -1.73. The maximum atomic E-state index is 4.85. The van der Waals surface area contributed by atoms with E-state index in [0.717, 1.165) is 6.54 Å². The Morgan fingerprint density at radius 2 is 1.36 bits per heavy atom. The highest BCUT2D eigenvalue weighted by atomic mass is 16.5. The van der Waals surface area contributed by atoms with E-state index in [-0.39, 0.29) is 0 Å². The van der Waals surface area contributed by atoms with Crippen LogP contribution in [0.3, 0.4) is 0 Å². The summed E-state index contributed by atoms with van der Waals surface area (Å²) in [4.78, 5) is 0. The summed E-state index contributed by atoms with van der Waals surface area (Å²) in [5.41, 5.74) is 4.85. The maximum absolute atomic E-state index is 4.85. The van der Waals surface area contributed by atoms with Gasteiger partial charge in [0.05, 0.1) is 13.4 Å². The SMILES string of the molecule is C=COC.CC.CC.CCN. The van der Waals surface area contributed by atoms with Gasteiger partial charge in [-0.3, -0.25) is 0 Å². The highest BCUT2D eigenvalue weighted by Crippen LogP contribution is 1.52. The van der Waals surface area contributed by atoms with E-state index < -0.39 is 0 Å². The fraction of sp³-hybridized carbons (Fsp3) is 0.778. The Morgan fingerprint density at radius 3 is 1.36 bits per heavy atom. The summed E-state index contributed by atoms with van der Waals surface area (Å²) >= 11 is 0. The van der Waals surface area contributed by atoms with Crippen LogP contribution in [-0.4, -0.2) is 13.7 Å². The number of nitrogens with two attached hydrogens (primary N) is 1. The Morgan fingerprint density at radius 1 is 1.27 bits per heavy atom. The van der Waals surface area contributed by atoms with E-state index in [1.807, 2.05) is 34.6 Å². The molecule has 0 radical (unpaired) electrons. The first-order chi connectivity index (χ1) is 5.33. The van der Waals surface area contributed by atoms with Crippen LogP contribution in [0.4, 0.5) is 0 Å². The molecule has 0 amide bonds. The van der Waals surface area contributed by atoms with Crippen molar-refractivity contribution >= 4 is 0 Å². The molecule has 0 rings (SSSR count). The normalized spacial score (nSPS) is 4.64. The second-order valence-electron chi connectivity index (χ2n) is 0.811. The van der Waals surface area contributed by atoms with E-state index >= 15 is 0 Å². The average molecular weight is 163 g/mol. The molecule has 2 heteroatoms. The Balaban J connectivity index is -0.0000000315. The average Bonchev–Trinajstić information content (AvgIpc) is 2.12. The quantitative estimate of drug-likeness (QED) is 0.603. The highest BCUT2D eigenvalue weighted by Gasteiger charge is 1.36. The number of methoxy groups -OCH3 is 1. The van der Waals surface area contributed by atoms with Crippen LogP contribution < -0.4 is 5.73 Å². The molecule has 0 bridgehead atoms. The minimum absolute atomic E-state index is 0.750. The molecule has 0 atom stereocenters. The lowest BCUT2D eigenvalue weighted by Crippen LogP contribution is -1.87. The smallest absolute Gasteiger partial charge is 0.0766 e. The van der Waals surface area contributed by atoms with Gasteiger partial charge >= 0.3 is 0 Å². The van der Waals surface area contributed by atoms with Crippen molar-refractivity contribution in [1.82, 2.24) is 0 Å². The van der Waals surface area contributed by atoms with Gasteiger partial charge in [0.1, 0.15) is 0 Å². The van der Waals surface area contributed by atoms with Gasteiger partial charge in [-0.15, -0.1) is 0 Å². The lowest BCUT2D eigenvalue weighted by molar-refractivity contribution is 0.339. The second-order valence-corrected chi connectivity index (χ2v) is 0.811. The van der Waals surface area contributed by atoms with Crippen LogP contribution >= 0.6 is 0 Å². The molecule has 0 fully saturated rings. The molecule has 0 aliphatic rings. The van der Waals surface area contributed by atoms with Crippen molar-refractivity contribution in [3.8, 4) is 0 Å². The number of hydrogen-bond acceptors (Lipinski definition) is 2. The van der Waals surface area contributed by atoms with Crippen LogP contribution in [0.25, 0.3) is 0 Å². The van der Waals surface area contributed by atoms with E-state index in [0.29, 0.717) is 0 Å². The standard InChI is InChI=1S/C3H6O.C2H7N.2C2H6/c1-3-4-2;1-2-3;2*1-2/h3H,1H2,2H3;2-3H2,1H3;2*1-2H3. The summed E-state index contributed by atoms with van der Waals surface area (Å²) in [5, 5.41) is 0. The minimum Gasteiger partial charge on any atom is -0.505 e. The fourth-order valence-electron chi connectivity index (χ4n) is 0. The van der Waals surface area contributed by atoms with E-state index in [1.165, 1.54) is 6.26 Å². The van der Waals surface area contributed by atoms with Crippen LogP contribution in [0.5, 0.6) is 0 Å². The van der Waals surface area contributed by atoms with E-state index in [4.69, 9.17) is 5.73 Å². The zero-order valence-corrected chi connectivity index (χ0v) is 8.98. The molecular formula is C9H25NO. The van der Waals surface area contributed by atoms with Crippen molar-refractivity contribution in [2.45, 2.75) is 34.6 Å². The summed E-state index contributed by atoms with van der Waals surface area (Å²) in [6.07, 6.45) is 1.38. The van der Waals surface area contributed by atoms with Gasteiger partial charge in [-0.1, -0.05) is 41.2 Å². The molecule has 0 aliphatic carbocycles. The molecule has 2 nitrogen and oxygen atoms in total. The second kappa shape index (κ2) is 110. The maximum Gasteiger partial charge on any atom is 0.0766 e. The monoisotopic (exact) mass is 163 g/mol. The molecule has 0 aromatic carbocycles. The van der Waals surface area contributed by atoms with Crippen LogP contribution in [0.2, 0.25) is 0 Å². The number of hydrogen-bond donors (Lipinski definition) is 1. The third-order valence-electron chi connectivity index (χ3n) is 0.167. The third-order valence-corrected chi connectivity index (χ3v) is 0.167. The number of ether oxygens (including phenoxy) is 1. The molecule has 0 unspecified atom stereocenters. The lowest BCUT2D eigenvalue weighted by atomic mass is 10.8. The van der Waals surface area contributed by atoms with Gasteiger partial charge in [-0.25, -0.2) is 0 Å². The molecular weight excluding hydrogens is 138 g/mol. The molecule has 11 heavy (non-hydrogen) atoms. The Labute approximate surface area is 72.4 Å². The summed E-state index contributed by atoms with van der Waals surface area (Å²) in [6, 6.07) is 0. The van der Waals surface area contributed by atoms with E-state index in [1.54, 1.807) is 7.11 Å². The largest absolute Gasteiger partial charge is 0.505 e. The van der Waals surface area contributed by atoms with Gasteiger partial charge in [-0.2, -0.15) is 0 Å². The third kappa shape index (κ3) is 2140. The Hall–Kier alpha value is -0.500. The zero-order chi connectivity index (χ0) is 10.1. The molecule has 0 saturated heterocycles. The summed E-state index contributed by atoms with van der Waals surface area (Å²) < 4.78 is 4.31. The van der Waals surface area contributed by atoms with Crippen molar-refractivity contribution in [2.75, 3.05) is 13.7 Å². The van der Waals surface area contributed by atoms with E-state index in [9.17, 15) is 0 Å². The zero-order valence-electron chi connectivity index (χ0n) is 8.98. The van der Waals surface area contributed by atoms with Crippen molar-refractivity contribution < 1.29 is 4.74 Å². The van der Waals surface area contributed by atoms with Gasteiger partial charge in [0.25, 0.3) is 0 Å². The van der Waals surface area contributed by atoms with Gasteiger partial charge < -0.3 is 10.5 Å². The first-order valence-corrected chi connectivity index (χ1v) is 4.17. The van der Waals surface area contributed by atoms with Gasteiger partial charge in [0, 0.05) is 0 Å². The predicted octanol–water partition coefficient (Wildman–Crippen LogP) is 2.79. The highest BCUT2D eigenvalue weighted by molar-refractivity contribution is 4.43. The summed E-state index contributed by atoms with van der Waals surface area (Å²) in [6.45, 7) is 13.9. The van der Waals surface area contributed by atoms with E-state index in [2.05, 4.69) is 11.3 Å². The van der Waals surface area contributed by atoms with Crippen LogP contribution in [0.15, 0.2) is 12.8 Å². The predicted molar refractivity (Wildman–Crippen MR) is 54.6 cm³/mol. The van der Waals surface area contributed by atoms with Crippen molar-refractivity contribution in [3.63, 3.8) is 0 Å². The van der Waals surface area contributed by atoms with Gasteiger partial charge in [0.2, 0.25) is 0 Å². The molecule has 0 spiro atoms. The van der Waals surface area contributed by atoms with Gasteiger partial charge in [0.15, 0.2) is 0 Å². The van der Waals surface area contributed by atoms with Crippen LogP contribution in [-0.2, 0) is 4.74 Å². The number of rotatable bonds is 1. The fourth-order valence-corrected chi connectivity index (χ4v) is 0. The molecule has 0 aromatic heterocycles. The molecule has 0 aliphatic heterocycles. The van der Waals surface area contributed by atoms with Crippen molar-refractivity contribution in [2.24, 2.45) is 5.73 Å². The first kappa shape index (κ1) is 22.4. The minimum atomic E-state index is 0.750. The van der Waals surface area contributed by atoms with Gasteiger partial charge in [-0.05, 0) is 6.54 Å². The summed E-state index contributed by atoms with van der Waals surface area (Å²) in [7, 11) is 1.56. The Bertz CT molecular complexity index is 30.7. The molecule has 0 heterocycles. The van der Waals surface area contributed by atoms with Crippen LogP contribution in [0, 0.1) is 0 Å². The van der Waals surface area contributed by atoms with Crippen molar-refractivity contribution in [1.29, 1.82) is 0 Å². The molecule has 2 N–H and O–H groups in total. The topological polar surface area (TPSA) is 35.2 Å².